The summed E-state index contributed by atoms with van der Waals surface area (Å²) in [7, 11) is 0. The first-order valence-corrected chi connectivity index (χ1v) is 8.98. The standard InChI is InChI=1S/C17H25BrN2O/c18-14-6-8-15(9-7-14)21-13-12-20-11-2-1-5-17(20)16-4-3-10-19-16/h6-9,16-17,19H,1-5,10-13H2. The van der Waals surface area contributed by atoms with Crippen LogP contribution in [0.25, 0.3) is 0 Å². The maximum Gasteiger partial charge on any atom is 0.119 e. The number of hydrogen-bond donors (Lipinski definition) is 1. The molecule has 0 saturated carbocycles. The van der Waals surface area contributed by atoms with Gasteiger partial charge in [0, 0.05) is 23.1 Å². The Morgan fingerprint density at radius 2 is 2.00 bits per heavy atom. The molecule has 2 heterocycles. The summed E-state index contributed by atoms with van der Waals surface area (Å²) in [5.74, 6) is 0.964. The zero-order valence-electron chi connectivity index (χ0n) is 12.6. The minimum absolute atomic E-state index is 0.706. The monoisotopic (exact) mass is 352 g/mol. The van der Waals surface area contributed by atoms with Crippen LogP contribution in [0.5, 0.6) is 5.75 Å². The Hall–Kier alpha value is -0.580. The van der Waals surface area contributed by atoms with E-state index in [9.17, 15) is 0 Å². The van der Waals surface area contributed by atoms with Gasteiger partial charge in [-0.2, -0.15) is 0 Å². The molecule has 2 atom stereocenters. The lowest BCUT2D eigenvalue weighted by atomic mass is 9.94. The molecule has 21 heavy (non-hydrogen) atoms. The second kappa shape index (κ2) is 7.61. The number of benzene rings is 1. The van der Waals surface area contributed by atoms with Gasteiger partial charge in [0.1, 0.15) is 12.4 Å². The molecular weight excluding hydrogens is 328 g/mol. The molecule has 1 aromatic carbocycles. The molecule has 0 bridgehead atoms. The molecule has 3 rings (SSSR count). The molecule has 2 aliphatic rings. The Labute approximate surface area is 136 Å². The van der Waals surface area contributed by atoms with Crippen molar-refractivity contribution in [2.45, 2.75) is 44.2 Å². The fourth-order valence-corrected chi connectivity index (χ4v) is 3.87. The van der Waals surface area contributed by atoms with E-state index in [0.29, 0.717) is 6.04 Å². The zero-order chi connectivity index (χ0) is 14.5. The number of nitrogens with zero attached hydrogens (tertiary/aromatic N) is 1. The predicted molar refractivity (Wildman–Crippen MR) is 89.9 cm³/mol. The van der Waals surface area contributed by atoms with Crippen LogP contribution in [0.15, 0.2) is 28.7 Å². The highest BCUT2D eigenvalue weighted by molar-refractivity contribution is 9.10. The van der Waals surface area contributed by atoms with Gasteiger partial charge in [-0.25, -0.2) is 0 Å². The molecule has 0 aliphatic carbocycles. The van der Waals surface area contributed by atoms with Gasteiger partial charge >= 0.3 is 0 Å². The number of halogens is 1. The minimum atomic E-state index is 0.706. The number of nitrogens with one attached hydrogen (secondary N) is 1. The summed E-state index contributed by atoms with van der Waals surface area (Å²) in [6.45, 7) is 4.25. The third kappa shape index (κ3) is 4.21. The highest BCUT2D eigenvalue weighted by Crippen LogP contribution is 2.24. The molecule has 0 amide bonds. The molecule has 0 aromatic heterocycles. The maximum atomic E-state index is 5.89. The Kier molecular flexibility index (Phi) is 5.55. The Morgan fingerprint density at radius 1 is 1.14 bits per heavy atom. The van der Waals surface area contributed by atoms with Crippen molar-refractivity contribution in [3.8, 4) is 5.75 Å². The van der Waals surface area contributed by atoms with Crippen molar-refractivity contribution in [3.05, 3.63) is 28.7 Å². The largest absolute Gasteiger partial charge is 0.492 e. The van der Waals surface area contributed by atoms with Crippen molar-refractivity contribution in [1.29, 1.82) is 0 Å². The first kappa shape index (κ1) is 15.3. The molecule has 2 unspecified atom stereocenters. The van der Waals surface area contributed by atoms with Crippen molar-refractivity contribution in [1.82, 2.24) is 10.2 Å². The Bertz CT molecular complexity index is 431. The van der Waals surface area contributed by atoms with E-state index >= 15 is 0 Å². The van der Waals surface area contributed by atoms with Crippen molar-refractivity contribution < 1.29 is 4.74 Å². The van der Waals surface area contributed by atoms with Crippen LogP contribution in [0.1, 0.15) is 32.1 Å². The fraction of sp³-hybridized carbons (Fsp3) is 0.647. The van der Waals surface area contributed by atoms with Gasteiger partial charge in [0.15, 0.2) is 0 Å². The molecule has 2 fully saturated rings. The van der Waals surface area contributed by atoms with E-state index in [1.165, 1.54) is 45.2 Å². The normalized spacial score (nSPS) is 26.9. The van der Waals surface area contributed by atoms with E-state index in [1.54, 1.807) is 0 Å². The van der Waals surface area contributed by atoms with Crippen molar-refractivity contribution in [3.63, 3.8) is 0 Å². The maximum absolute atomic E-state index is 5.89. The summed E-state index contributed by atoms with van der Waals surface area (Å²) in [6.07, 6.45) is 6.74. The third-order valence-electron chi connectivity index (χ3n) is 4.69. The highest BCUT2D eigenvalue weighted by atomic mass is 79.9. The lowest BCUT2D eigenvalue weighted by Crippen LogP contribution is -2.51. The van der Waals surface area contributed by atoms with Gasteiger partial charge in [0.2, 0.25) is 0 Å². The van der Waals surface area contributed by atoms with Gasteiger partial charge in [-0.15, -0.1) is 0 Å². The van der Waals surface area contributed by atoms with E-state index in [0.717, 1.165) is 29.4 Å². The first-order valence-electron chi connectivity index (χ1n) is 8.19. The molecule has 116 valence electrons. The van der Waals surface area contributed by atoms with Crippen LogP contribution >= 0.6 is 15.9 Å². The molecule has 2 aliphatic heterocycles. The molecule has 2 saturated heterocycles. The van der Waals surface area contributed by atoms with Crippen molar-refractivity contribution in [2.75, 3.05) is 26.2 Å². The summed E-state index contributed by atoms with van der Waals surface area (Å²) in [5.41, 5.74) is 0. The van der Waals surface area contributed by atoms with Crippen LogP contribution in [-0.2, 0) is 0 Å². The molecule has 0 radical (unpaired) electrons. The molecule has 1 aromatic rings. The topological polar surface area (TPSA) is 24.5 Å². The van der Waals surface area contributed by atoms with E-state index < -0.39 is 0 Å². The number of ether oxygens (including phenoxy) is 1. The van der Waals surface area contributed by atoms with Crippen molar-refractivity contribution in [2.24, 2.45) is 0 Å². The van der Waals surface area contributed by atoms with Crippen LogP contribution < -0.4 is 10.1 Å². The highest BCUT2D eigenvalue weighted by Gasteiger charge is 2.31. The van der Waals surface area contributed by atoms with Crippen LogP contribution in [0.3, 0.4) is 0 Å². The molecule has 4 heteroatoms. The second-order valence-electron chi connectivity index (χ2n) is 6.10. The van der Waals surface area contributed by atoms with E-state index in [-0.39, 0.29) is 0 Å². The molecule has 3 nitrogen and oxygen atoms in total. The van der Waals surface area contributed by atoms with Gasteiger partial charge < -0.3 is 10.1 Å². The lowest BCUT2D eigenvalue weighted by molar-refractivity contribution is 0.101. The SMILES string of the molecule is Brc1ccc(OCCN2CCCCC2C2CCCN2)cc1. The van der Waals surface area contributed by atoms with E-state index in [4.69, 9.17) is 4.74 Å². The lowest BCUT2D eigenvalue weighted by Gasteiger charge is -2.39. The summed E-state index contributed by atoms with van der Waals surface area (Å²) in [6, 6.07) is 9.53. The van der Waals surface area contributed by atoms with Crippen molar-refractivity contribution >= 4 is 15.9 Å². The Balaban J connectivity index is 1.49. The molecule has 0 spiro atoms. The van der Waals surface area contributed by atoms with Gasteiger partial charge in [-0.1, -0.05) is 22.4 Å². The number of hydrogen-bond acceptors (Lipinski definition) is 3. The predicted octanol–water partition coefficient (Wildman–Crippen LogP) is 3.43. The fourth-order valence-electron chi connectivity index (χ4n) is 3.60. The van der Waals surface area contributed by atoms with E-state index in [2.05, 4.69) is 26.1 Å². The van der Waals surface area contributed by atoms with Gasteiger partial charge in [0.05, 0.1) is 0 Å². The second-order valence-corrected chi connectivity index (χ2v) is 7.02. The summed E-state index contributed by atoms with van der Waals surface area (Å²) in [5, 5.41) is 3.68. The molecule has 1 N–H and O–H groups in total. The number of likely N-dealkylation sites (tertiary alicyclic amines) is 1. The zero-order valence-corrected chi connectivity index (χ0v) is 14.1. The van der Waals surface area contributed by atoms with Crippen LogP contribution in [0.2, 0.25) is 0 Å². The van der Waals surface area contributed by atoms with Crippen LogP contribution in [-0.4, -0.2) is 43.2 Å². The summed E-state index contributed by atoms with van der Waals surface area (Å²) >= 11 is 3.45. The Morgan fingerprint density at radius 3 is 2.76 bits per heavy atom. The first-order chi connectivity index (χ1) is 10.3. The van der Waals surface area contributed by atoms with Gasteiger partial charge in [-0.05, 0) is 63.0 Å². The van der Waals surface area contributed by atoms with E-state index in [1.807, 2.05) is 24.3 Å². The number of piperidine rings is 1. The molecular formula is C17H25BrN2O. The minimum Gasteiger partial charge on any atom is -0.492 e. The number of rotatable bonds is 5. The smallest absolute Gasteiger partial charge is 0.119 e. The average Bonchev–Trinajstić information content (AvgIpc) is 3.04. The van der Waals surface area contributed by atoms with Gasteiger partial charge in [0.25, 0.3) is 0 Å². The summed E-state index contributed by atoms with van der Waals surface area (Å²) < 4.78 is 6.99. The van der Waals surface area contributed by atoms with Crippen LogP contribution in [0, 0.1) is 0 Å². The quantitative estimate of drug-likeness (QED) is 0.878. The average molecular weight is 353 g/mol. The van der Waals surface area contributed by atoms with Gasteiger partial charge in [-0.3, -0.25) is 4.90 Å². The third-order valence-corrected chi connectivity index (χ3v) is 5.22. The summed E-state index contributed by atoms with van der Waals surface area (Å²) in [4.78, 5) is 2.64. The van der Waals surface area contributed by atoms with Crippen LogP contribution in [0.4, 0.5) is 0 Å².